The van der Waals surface area contributed by atoms with Crippen LogP contribution in [0.2, 0.25) is 10.0 Å². The molecule has 0 bridgehead atoms. The van der Waals surface area contributed by atoms with Crippen LogP contribution in [0.3, 0.4) is 0 Å². The normalized spacial score (nSPS) is 10.8. The van der Waals surface area contributed by atoms with Crippen molar-refractivity contribution in [3.05, 3.63) is 107 Å². The maximum atomic E-state index is 12.5. The van der Waals surface area contributed by atoms with Crippen molar-refractivity contribution in [1.29, 1.82) is 0 Å². The Hall–Kier alpha value is -4.26. The van der Waals surface area contributed by atoms with Gasteiger partial charge in [0.2, 0.25) is 0 Å². The first-order chi connectivity index (χ1) is 18.5. The minimum atomic E-state index is -0.587. The Morgan fingerprint density at radius 3 is 1.76 bits per heavy atom. The number of benzene rings is 5. The summed E-state index contributed by atoms with van der Waals surface area (Å²) in [5, 5.41) is 3.07. The first-order valence-corrected chi connectivity index (χ1v) is 12.4. The van der Waals surface area contributed by atoms with E-state index in [-0.39, 0.29) is 13.2 Å². The number of hydrogen-bond donors (Lipinski definition) is 0. The van der Waals surface area contributed by atoms with Crippen LogP contribution in [0, 0.1) is 0 Å². The number of fused-ring (bicyclic) bond motifs is 2. The summed E-state index contributed by atoms with van der Waals surface area (Å²) in [7, 11) is 0. The lowest BCUT2D eigenvalue weighted by Crippen LogP contribution is -2.19. The molecular formula is C30H20Cl2O6. The van der Waals surface area contributed by atoms with Gasteiger partial charge in [-0.2, -0.15) is 0 Å². The van der Waals surface area contributed by atoms with Gasteiger partial charge in [-0.25, -0.2) is 9.59 Å². The molecule has 0 aromatic heterocycles. The molecule has 0 aliphatic rings. The van der Waals surface area contributed by atoms with Crippen molar-refractivity contribution in [2.45, 2.75) is 0 Å². The molecule has 0 saturated heterocycles. The molecule has 0 amide bonds. The van der Waals surface area contributed by atoms with Crippen LogP contribution in [0.4, 0.5) is 0 Å². The summed E-state index contributed by atoms with van der Waals surface area (Å²) < 4.78 is 22.7. The maximum absolute atomic E-state index is 12.5. The summed E-state index contributed by atoms with van der Waals surface area (Å²) in [6.45, 7) is -0.724. The van der Waals surface area contributed by atoms with Crippen LogP contribution >= 0.6 is 23.2 Å². The first-order valence-electron chi connectivity index (χ1n) is 11.6. The summed E-state index contributed by atoms with van der Waals surface area (Å²) in [6, 6.07) is 27.8. The number of ether oxygens (including phenoxy) is 4. The molecule has 0 heterocycles. The molecular weight excluding hydrogens is 527 g/mol. The Morgan fingerprint density at radius 2 is 1.16 bits per heavy atom. The molecule has 8 heteroatoms. The molecule has 5 aromatic rings. The van der Waals surface area contributed by atoms with Gasteiger partial charge in [0.15, 0.2) is 13.2 Å². The van der Waals surface area contributed by atoms with Crippen molar-refractivity contribution in [3.8, 4) is 23.0 Å². The number of halogens is 2. The molecule has 0 radical (unpaired) electrons. The van der Waals surface area contributed by atoms with Gasteiger partial charge in [0, 0.05) is 26.6 Å². The molecule has 0 unspecified atom stereocenters. The number of carbonyl (C=O) groups is 2. The van der Waals surface area contributed by atoms with Crippen molar-refractivity contribution in [1.82, 2.24) is 0 Å². The summed E-state index contributed by atoms with van der Waals surface area (Å²) in [5.74, 6) is 0.401. The van der Waals surface area contributed by atoms with Gasteiger partial charge in [-0.15, -0.1) is 0 Å². The van der Waals surface area contributed by atoms with E-state index in [0.29, 0.717) is 54.6 Å². The van der Waals surface area contributed by atoms with Gasteiger partial charge >= 0.3 is 11.9 Å². The fraction of sp³-hybridized carbons (Fsp3) is 0.0667. The molecule has 0 N–H and O–H groups in total. The lowest BCUT2D eigenvalue weighted by Gasteiger charge is -2.18. The van der Waals surface area contributed by atoms with Crippen LogP contribution in [0.5, 0.6) is 23.0 Å². The third-order valence-corrected chi connectivity index (χ3v) is 6.12. The monoisotopic (exact) mass is 546 g/mol. The summed E-state index contributed by atoms with van der Waals surface area (Å²) in [6.07, 6.45) is 0. The van der Waals surface area contributed by atoms with Crippen molar-refractivity contribution in [3.63, 3.8) is 0 Å². The van der Waals surface area contributed by atoms with Gasteiger partial charge in [-0.05, 0) is 48.5 Å². The van der Waals surface area contributed by atoms with Crippen LogP contribution in [-0.2, 0) is 9.59 Å². The third kappa shape index (κ3) is 5.67. The number of carbonyl (C=O) groups excluding carboxylic acids is 2. The fourth-order valence-corrected chi connectivity index (χ4v) is 4.43. The van der Waals surface area contributed by atoms with Gasteiger partial charge in [0.05, 0.1) is 5.02 Å². The van der Waals surface area contributed by atoms with E-state index in [1.807, 2.05) is 12.1 Å². The summed E-state index contributed by atoms with van der Waals surface area (Å²) in [4.78, 5) is 25.0. The zero-order chi connectivity index (χ0) is 26.5. The highest BCUT2D eigenvalue weighted by Gasteiger charge is 2.21. The molecule has 5 rings (SSSR count). The van der Waals surface area contributed by atoms with E-state index in [1.54, 1.807) is 84.9 Å². The van der Waals surface area contributed by atoms with Crippen molar-refractivity contribution >= 4 is 56.7 Å². The largest absolute Gasteiger partial charge is 0.481 e. The predicted octanol–water partition coefficient (Wildman–Crippen LogP) is 7.27. The highest BCUT2D eigenvalue weighted by Crippen LogP contribution is 2.46. The van der Waals surface area contributed by atoms with E-state index in [4.69, 9.17) is 42.1 Å². The Morgan fingerprint density at radius 1 is 0.579 bits per heavy atom. The van der Waals surface area contributed by atoms with E-state index < -0.39 is 11.9 Å². The van der Waals surface area contributed by atoms with Crippen molar-refractivity contribution in [2.75, 3.05) is 13.2 Å². The average Bonchev–Trinajstić information content (AvgIpc) is 2.92. The molecule has 38 heavy (non-hydrogen) atoms. The van der Waals surface area contributed by atoms with E-state index in [1.165, 1.54) is 0 Å². The number of para-hydroxylation sites is 2. The van der Waals surface area contributed by atoms with Crippen LogP contribution in [0.1, 0.15) is 0 Å². The minimum Gasteiger partial charge on any atom is -0.481 e. The summed E-state index contributed by atoms with van der Waals surface area (Å²) >= 11 is 12.9. The molecule has 190 valence electrons. The van der Waals surface area contributed by atoms with Gasteiger partial charge in [0.1, 0.15) is 23.0 Å². The number of esters is 2. The Kier molecular flexibility index (Phi) is 7.63. The molecule has 6 nitrogen and oxygen atoms in total. The van der Waals surface area contributed by atoms with Gasteiger partial charge in [0.25, 0.3) is 0 Å². The van der Waals surface area contributed by atoms with Gasteiger partial charge in [-0.3, -0.25) is 0 Å². The fourth-order valence-electron chi connectivity index (χ4n) is 3.99. The Balaban J connectivity index is 1.49. The van der Waals surface area contributed by atoms with Crippen LogP contribution in [0.15, 0.2) is 97.1 Å². The van der Waals surface area contributed by atoms with E-state index in [2.05, 4.69) is 0 Å². The Labute approximate surface area is 228 Å². The SMILES string of the molecule is O=C(COc1c2ccc(Cl)cc2c(OCC(=O)Oc2ccccc2)c2c(Cl)cccc12)Oc1ccccc1. The summed E-state index contributed by atoms with van der Waals surface area (Å²) in [5.41, 5.74) is 0. The topological polar surface area (TPSA) is 71.1 Å². The highest BCUT2D eigenvalue weighted by atomic mass is 35.5. The molecule has 0 fully saturated rings. The van der Waals surface area contributed by atoms with Gasteiger partial charge < -0.3 is 18.9 Å². The van der Waals surface area contributed by atoms with Crippen molar-refractivity contribution < 1.29 is 28.5 Å². The first kappa shape index (κ1) is 25.4. The molecule has 0 atom stereocenters. The zero-order valence-electron chi connectivity index (χ0n) is 19.9. The predicted molar refractivity (Wildman–Crippen MR) is 147 cm³/mol. The smallest absolute Gasteiger partial charge is 0.349 e. The molecule has 0 aliphatic carbocycles. The van der Waals surface area contributed by atoms with Crippen LogP contribution in [-0.4, -0.2) is 25.2 Å². The minimum absolute atomic E-state index is 0.340. The second-order valence-corrected chi connectivity index (χ2v) is 9.01. The van der Waals surface area contributed by atoms with Gasteiger partial charge in [-0.1, -0.05) is 71.7 Å². The lowest BCUT2D eigenvalue weighted by molar-refractivity contribution is -0.137. The zero-order valence-corrected chi connectivity index (χ0v) is 21.4. The van der Waals surface area contributed by atoms with Crippen LogP contribution in [0.25, 0.3) is 21.5 Å². The molecule has 5 aromatic carbocycles. The van der Waals surface area contributed by atoms with Crippen molar-refractivity contribution in [2.24, 2.45) is 0 Å². The van der Waals surface area contributed by atoms with E-state index >= 15 is 0 Å². The standard InChI is InChI=1S/C30H20Cl2O6/c31-19-14-15-22-24(16-19)30(36-18-27(34)38-21-10-5-2-6-11-21)28-23(12-7-13-25(28)32)29(22)35-17-26(33)37-20-8-3-1-4-9-20/h1-16H,17-18H2. The third-order valence-electron chi connectivity index (χ3n) is 5.57. The number of hydrogen-bond acceptors (Lipinski definition) is 6. The number of rotatable bonds is 8. The second-order valence-electron chi connectivity index (χ2n) is 8.16. The van der Waals surface area contributed by atoms with E-state index in [0.717, 1.165) is 0 Å². The molecule has 0 saturated carbocycles. The Bertz CT molecular complexity index is 1620. The lowest BCUT2D eigenvalue weighted by atomic mass is 10.0. The molecule has 0 spiro atoms. The maximum Gasteiger partial charge on any atom is 0.349 e. The van der Waals surface area contributed by atoms with Crippen LogP contribution < -0.4 is 18.9 Å². The molecule has 0 aliphatic heterocycles. The quantitative estimate of drug-likeness (QED) is 0.116. The van der Waals surface area contributed by atoms with E-state index in [9.17, 15) is 9.59 Å². The average molecular weight is 547 g/mol. The highest BCUT2D eigenvalue weighted by molar-refractivity contribution is 6.37. The second kappa shape index (κ2) is 11.4.